The lowest BCUT2D eigenvalue weighted by molar-refractivity contribution is -0.148. The van der Waals surface area contributed by atoms with Crippen LogP contribution in [0.25, 0.3) is 0 Å². The molecule has 2 aromatic carbocycles. The van der Waals surface area contributed by atoms with Crippen molar-refractivity contribution in [2.75, 3.05) is 20.3 Å². The summed E-state index contributed by atoms with van der Waals surface area (Å²) in [5.41, 5.74) is 1.61. The van der Waals surface area contributed by atoms with E-state index in [2.05, 4.69) is 11.8 Å². The van der Waals surface area contributed by atoms with E-state index in [0.717, 1.165) is 16.9 Å². The van der Waals surface area contributed by atoms with E-state index in [1.807, 2.05) is 61.5 Å². The lowest BCUT2D eigenvalue weighted by Crippen LogP contribution is -2.37. The molecule has 0 saturated heterocycles. The number of rotatable bonds is 6. The van der Waals surface area contributed by atoms with E-state index < -0.39 is 11.9 Å². The van der Waals surface area contributed by atoms with Crippen LogP contribution in [0.5, 0.6) is 5.75 Å². The molecule has 27 heavy (non-hydrogen) atoms. The first kappa shape index (κ1) is 20.1. The van der Waals surface area contributed by atoms with E-state index in [4.69, 9.17) is 9.47 Å². The molecule has 0 aliphatic heterocycles. The lowest BCUT2D eigenvalue weighted by Gasteiger charge is -2.27. The molecular formula is C22H23NO4. The first-order valence-electron chi connectivity index (χ1n) is 8.72. The Labute approximate surface area is 159 Å². The molecule has 2 rings (SSSR count). The second-order valence-electron chi connectivity index (χ2n) is 5.80. The summed E-state index contributed by atoms with van der Waals surface area (Å²) < 4.78 is 10.2. The summed E-state index contributed by atoms with van der Waals surface area (Å²) in [5.74, 6) is 5.29. The van der Waals surface area contributed by atoms with Crippen molar-refractivity contribution in [2.45, 2.75) is 19.9 Å². The van der Waals surface area contributed by atoms with Gasteiger partial charge in [-0.15, -0.1) is 0 Å². The summed E-state index contributed by atoms with van der Waals surface area (Å²) in [6.07, 6.45) is 0. The average molecular weight is 365 g/mol. The van der Waals surface area contributed by atoms with Gasteiger partial charge < -0.3 is 14.4 Å². The molecule has 140 valence electrons. The fourth-order valence-electron chi connectivity index (χ4n) is 2.51. The molecule has 0 spiro atoms. The first-order valence-corrected chi connectivity index (χ1v) is 8.72. The molecule has 0 aliphatic rings. The zero-order valence-corrected chi connectivity index (χ0v) is 15.8. The van der Waals surface area contributed by atoms with Crippen LogP contribution in [-0.2, 0) is 14.3 Å². The predicted molar refractivity (Wildman–Crippen MR) is 103 cm³/mol. The highest BCUT2D eigenvalue weighted by atomic mass is 16.5. The quantitative estimate of drug-likeness (QED) is 0.583. The Morgan fingerprint density at radius 2 is 1.74 bits per heavy atom. The number of hydrogen-bond acceptors (Lipinski definition) is 4. The van der Waals surface area contributed by atoms with Gasteiger partial charge in [0.2, 0.25) is 0 Å². The molecule has 0 unspecified atom stereocenters. The van der Waals surface area contributed by atoms with Crippen LogP contribution >= 0.6 is 0 Å². The zero-order chi connectivity index (χ0) is 19.6. The van der Waals surface area contributed by atoms with Gasteiger partial charge in [-0.25, -0.2) is 0 Å². The van der Waals surface area contributed by atoms with Crippen molar-refractivity contribution in [1.29, 1.82) is 0 Å². The van der Waals surface area contributed by atoms with Gasteiger partial charge in [0.15, 0.2) is 0 Å². The van der Waals surface area contributed by atoms with Crippen LogP contribution in [-0.4, -0.2) is 37.0 Å². The Morgan fingerprint density at radius 3 is 2.33 bits per heavy atom. The lowest BCUT2D eigenvalue weighted by atomic mass is 10.1. The van der Waals surface area contributed by atoms with Crippen molar-refractivity contribution < 1.29 is 19.1 Å². The van der Waals surface area contributed by atoms with Crippen LogP contribution < -0.4 is 4.74 Å². The molecule has 2 aromatic rings. The molecule has 1 amide bonds. The van der Waals surface area contributed by atoms with Gasteiger partial charge in [-0.05, 0) is 43.7 Å². The molecule has 0 saturated carbocycles. The number of amides is 1. The number of esters is 1. The summed E-state index contributed by atoms with van der Waals surface area (Å²) >= 11 is 0. The highest BCUT2D eigenvalue weighted by Gasteiger charge is 2.23. The first-order chi connectivity index (χ1) is 13.0. The third kappa shape index (κ3) is 5.89. The molecule has 5 heteroatoms. The second kappa shape index (κ2) is 10.0. The van der Waals surface area contributed by atoms with Gasteiger partial charge >= 0.3 is 5.97 Å². The van der Waals surface area contributed by atoms with E-state index in [9.17, 15) is 9.59 Å². The summed E-state index contributed by atoms with van der Waals surface area (Å²) in [6.45, 7) is 3.67. The normalized spacial score (nSPS) is 10.9. The number of hydrogen-bond donors (Lipinski definition) is 0. The fraction of sp³-hybridized carbons (Fsp3) is 0.273. The molecule has 1 atom stereocenters. The van der Waals surface area contributed by atoms with Crippen LogP contribution in [0.2, 0.25) is 0 Å². The van der Waals surface area contributed by atoms with Gasteiger partial charge in [0.1, 0.15) is 12.3 Å². The third-order valence-electron chi connectivity index (χ3n) is 4.02. The third-order valence-corrected chi connectivity index (χ3v) is 4.02. The molecule has 0 fully saturated rings. The molecular weight excluding hydrogens is 342 g/mol. The topological polar surface area (TPSA) is 55.8 Å². The van der Waals surface area contributed by atoms with E-state index in [-0.39, 0.29) is 19.2 Å². The maximum absolute atomic E-state index is 12.7. The van der Waals surface area contributed by atoms with Crippen molar-refractivity contribution in [3.05, 3.63) is 65.7 Å². The number of ether oxygens (including phenoxy) is 2. The van der Waals surface area contributed by atoms with Crippen LogP contribution in [0.4, 0.5) is 0 Å². The van der Waals surface area contributed by atoms with Crippen LogP contribution in [0, 0.1) is 11.8 Å². The molecule has 0 aromatic heterocycles. The highest BCUT2D eigenvalue weighted by molar-refractivity contribution is 5.96. The van der Waals surface area contributed by atoms with Crippen molar-refractivity contribution in [3.8, 4) is 17.6 Å². The van der Waals surface area contributed by atoms with E-state index >= 15 is 0 Å². The minimum Gasteiger partial charge on any atom is -0.497 e. The number of methoxy groups -OCH3 is 1. The van der Waals surface area contributed by atoms with Crippen LogP contribution in [0.15, 0.2) is 54.6 Å². The van der Waals surface area contributed by atoms with Crippen molar-refractivity contribution in [1.82, 2.24) is 4.90 Å². The molecule has 0 bridgehead atoms. The SMILES string of the molecule is CCOC(=O)CN(C(=O)C#Cc1ccccc1)[C@@H](C)c1ccc(OC)cc1. The fourth-order valence-corrected chi connectivity index (χ4v) is 2.51. The van der Waals surface area contributed by atoms with Crippen molar-refractivity contribution >= 4 is 11.9 Å². The minimum absolute atomic E-state index is 0.163. The van der Waals surface area contributed by atoms with E-state index in [1.54, 1.807) is 14.0 Å². The van der Waals surface area contributed by atoms with Crippen molar-refractivity contribution in [3.63, 3.8) is 0 Å². The molecule has 0 radical (unpaired) electrons. The zero-order valence-electron chi connectivity index (χ0n) is 15.8. The Hall–Kier alpha value is -3.26. The molecule has 5 nitrogen and oxygen atoms in total. The van der Waals surface area contributed by atoms with E-state index in [1.165, 1.54) is 4.90 Å². The second-order valence-corrected chi connectivity index (χ2v) is 5.80. The highest BCUT2D eigenvalue weighted by Crippen LogP contribution is 2.23. The summed E-state index contributed by atoms with van der Waals surface area (Å²) in [5, 5.41) is 0. The largest absolute Gasteiger partial charge is 0.497 e. The Kier molecular flexibility index (Phi) is 7.45. The maximum atomic E-state index is 12.7. The minimum atomic E-state index is -0.465. The molecule has 0 aliphatic carbocycles. The summed E-state index contributed by atoms with van der Waals surface area (Å²) in [6, 6.07) is 16.2. The van der Waals surface area contributed by atoms with Gasteiger partial charge in [-0.2, -0.15) is 0 Å². The average Bonchev–Trinajstić information content (AvgIpc) is 2.71. The number of nitrogens with zero attached hydrogens (tertiary/aromatic N) is 1. The van der Waals surface area contributed by atoms with Gasteiger partial charge in [0.05, 0.1) is 19.8 Å². The van der Waals surface area contributed by atoms with Gasteiger partial charge in [0, 0.05) is 11.5 Å². The molecule has 0 N–H and O–H groups in total. The standard InChI is InChI=1S/C22H23NO4/c1-4-27-22(25)16-23(17(2)19-11-13-20(26-3)14-12-19)21(24)15-10-18-8-6-5-7-9-18/h5-9,11-14,17H,4,16H2,1-3H3/t17-/m0/s1. The maximum Gasteiger partial charge on any atom is 0.325 e. The Balaban J connectivity index is 2.24. The summed E-state index contributed by atoms with van der Waals surface area (Å²) in [7, 11) is 1.59. The van der Waals surface area contributed by atoms with Crippen LogP contribution in [0.1, 0.15) is 31.0 Å². The smallest absolute Gasteiger partial charge is 0.325 e. The van der Waals surface area contributed by atoms with Crippen molar-refractivity contribution in [2.24, 2.45) is 0 Å². The number of carbonyl (C=O) groups excluding carboxylic acids is 2. The summed E-state index contributed by atoms with van der Waals surface area (Å²) in [4.78, 5) is 26.1. The van der Waals surface area contributed by atoms with Gasteiger partial charge in [0.25, 0.3) is 5.91 Å². The predicted octanol–water partition coefficient (Wildman–Crippen LogP) is 3.20. The van der Waals surface area contributed by atoms with Crippen LogP contribution in [0.3, 0.4) is 0 Å². The number of carbonyl (C=O) groups is 2. The van der Waals surface area contributed by atoms with E-state index in [0.29, 0.717) is 0 Å². The molecule has 0 heterocycles. The Morgan fingerprint density at radius 1 is 1.07 bits per heavy atom. The Bertz CT molecular complexity index is 819. The van der Waals surface area contributed by atoms with Gasteiger partial charge in [-0.1, -0.05) is 36.3 Å². The number of benzene rings is 2. The monoisotopic (exact) mass is 365 g/mol. The van der Waals surface area contributed by atoms with Gasteiger partial charge in [-0.3, -0.25) is 9.59 Å².